The Bertz CT molecular complexity index is 1330. The van der Waals surface area contributed by atoms with Crippen LogP contribution in [0.15, 0.2) is 59.8 Å². The molecule has 36 heavy (non-hydrogen) atoms. The summed E-state index contributed by atoms with van der Waals surface area (Å²) in [6.45, 7) is 5.80. The van der Waals surface area contributed by atoms with Crippen LogP contribution in [-0.4, -0.2) is 43.3 Å². The van der Waals surface area contributed by atoms with E-state index in [1.165, 1.54) is 42.7 Å². The fourth-order valence-corrected chi connectivity index (χ4v) is 4.44. The van der Waals surface area contributed by atoms with Crippen molar-refractivity contribution in [2.45, 2.75) is 37.9 Å². The second-order valence-electron chi connectivity index (χ2n) is 7.96. The maximum absolute atomic E-state index is 12.9. The first kappa shape index (κ1) is 27.2. The van der Waals surface area contributed by atoms with E-state index in [4.69, 9.17) is 14.0 Å². The van der Waals surface area contributed by atoms with E-state index in [1.807, 2.05) is 13.8 Å². The molecule has 1 aromatic heterocycles. The third-order valence-electron chi connectivity index (χ3n) is 4.51. The van der Waals surface area contributed by atoms with Crippen LogP contribution >= 0.6 is 8.03 Å². The monoisotopic (exact) mass is 532 g/mol. The van der Waals surface area contributed by atoms with Crippen LogP contribution in [0, 0.1) is 0 Å². The van der Waals surface area contributed by atoms with Gasteiger partial charge in [0, 0.05) is 17.9 Å². The number of hydrogen-bond acceptors (Lipinski definition) is 9. The highest BCUT2D eigenvalue weighted by molar-refractivity contribution is 7.90. The number of anilines is 1. The van der Waals surface area contributed by atoms with Gasteiger partial charge in [-0.2, -0.15) is 0 Å². The lowest BCUT2D eigenvalue weighted by atomic mass is 10.2. The Hall–Kier alpha value is -3.40. The molecule has 10 nitrogen and oxygen atoms in total. The van der Waals surface area contributed by atoms with Gasteiger partial charge in [0.25, 0.3) is 5.91 Å². The molecule has 0 aliphatic carbocycles. The van der Waals surface area contributed by atoms with Gasteiger partial charge in [0.15, 0.2) is 15.7 Å². The number of amides is 1. The number of carbonyl (C=O) groups is 1. The van der Waals surface area contributed by atoms with Gasteiger partial charge in [0.2, 0.25) is 6.16 Å². The zero-order valence-corrected chi connectivity index (χ0v) is 22.0. The van der Waals surface area contributed by atoms with Crippen LogP contribution in [0.4, 0.5) is 5.82 Å². The average molecular weight is 533 g/mol. The average Bonchev–Trinajstić information content (AvgIpc) is 2.79. The maximum atomic E-state index is 12.9. The van der Waals surface area contributed by atoms with Crippen molar-refractivity contribution in [1.82, 2.24) is 9.97 Å². The van der Waals surface area contributed by atoms with E-state index >= 15 is 0 Å². The summed E-state index contributed by atoms with van der Waals surface area (Å²) in [4.78, 5) is 21.4. The zero-order chi connectivity index (χ0) is 26.3. The van der Waals surface area contributed by atoms with Gasteiger partial charge in [-0.05, 0) is 61.7 Å². The predicted octanol–water partition coefficient (Wildman–Crippen LogP) is 4.99. The number of nitrogens with one attached hydrogen (secondary N) is 1. The van der Waals surface area contributed by atoms with Gasteiger partial charge in [0.05, 0.1) is 30.0 Å². The molecule has 3 aromatic rings. The summed E-state index contributed by atoms with van der Waals surface area (Å²) in [5, 5.41) is 2.67. The quantitative estimate of drug-likeness (QED) is 0.339. The third-order valence-corrected chi connectivity index (χ3v) is 6.77. The summed E-state index contributed by atoms with van der Waals surface area (Å²) < 4.78 is 51.7. The lowest BCUT2D eigenvalue weighted by Gasteiger charge is -2.14. The van der Waals surface area contributed by atoms with Crippen molar-refractivity contribution in [2.24, 2.45) is 0 Å². The zero-order valence-electron chi connectivity index (χ0n) is 20.3. The third kappa shape index (κ3) is 8.08. The van der Waals surface area contributed by atoms with Crippen LogP contribution in [0.3, 0.4) is 0 Å². The number of nitrogens with zero attached hydrogens (tertiary/aromatic N) is 2. The van der Waals surface area contributed by atoms with E-state index in [0.29, 0.717) is 29.5 Å². The van der Waals surface area contributed by atoms with Gasteiger partial charge in [-0.25, -0.2) is 13.4 Å². The molecule has 190 valence electrons. The molecular formula is C24H27N3O7PS+. The molecule has 0 bridgehead atoms. The minimum Gasteiger partial charge on any atom is -0.491 e. The van der Waals surface area contributed by atoms with Crippen LogP contribution < -0.4 is 14.8 Å². The minimum absolute atomic E-state index is 0.130. The van der Waals surface area contributed by atoms with Gasteiger partial charge in [-0.3, -0.25) is 9.78 Å². The van der Waals surface area contributed by atoms with Crippen LogP contribution in [0.5, 0.6) is 17.2 Å². The van der Waals surface area contributed by atoms with Gasteiger partial charge in [-0.1, -0.05) is 0 Å². The summed E-state index contributed by atoms with van der Waals surface area (Å²) >= 11 is 0. The summed E-state index contributed by atoms with van der Waals surface area (Å²) in [5.41, 5.74) is 0.730. The second-order valence-corrected chi connectivity index (χ2v) is 11.2. The van der Waals surface area contributed by atoms with E-state index < -0.39 is 23.8 Å². The van der Waals surface area contributed by atoms with E-state index in [1.54, 1.807) is 19.1 Å². The van der Waals surface area contributed by atoms with Crippen LogP contribution in [0.25, 0.3) is 0 Å². The first-order valence-electron chi connectivity index (χ1n) is 11.0. The Morgan fingerprint density at radius 1 is 1.03 bits per heavy atom. The summed E-state index contributed by atoms with van der Waals surface area (Å²) in [5.74, 6) is 0.878. The standard InChI is InChI=1S/C24H26N3O7PS/c1-5-32-35(29)15-18-13-26-23(14-25-18)27-24(28)17-10-20(33-16(2)3)12-21(11-17)34-19-6-8-22(9-7-19)36(4,30)31/h6-14,16H,5,15H2,1-4H3/p+1. The van der Waals surface area contributed by atoms with E-state index in [2.05, 4.69) is 15.3 Å². The number of ether oxygens (including phenoxy) is 2. The van der Waals surface area contributed by atoms with Crippen molar-refractivity contribution in [3.63, 3.8) is 0 Å². The molecule has 1 unspecified atom stereocenters. The van der Waals surface area contributed by atoms with Crippen LogP contribution in [0.1, 0.15) is 36.8 Å². The number of carbonyl (C=O) groups excluding carboxylic acids is 1. The lowest BCUT2D eigenvalue weighted by Crippen LogP contribution is -2.14. The largest absolute Gasteiger partial charge is 0.514 e. The second kappa shape index (κ2) is 12.0. The Morgan fingerprint density at radius 3 is 2.31 bits per heavy atom. The highest BCUT2D eigenvalue weighted by Gasteiger charge is 2.19. The number of hydrogen-bond donors (Lipinski definition) is 1. The van der Waals surface area contributed by atoms with E-state index in [-0.39, 0.29) is 28.5 Å². The van der Waals surface area contributed by atoms with Crippen molar-refractivity contribution in [3.8, 4) is 17.2 Å². The highest BCUT2D eigenvalue weighted by atomic mass is 32.2. The minimum atomic E-state index is -3.33. The molecule has 1 heterocycles. The molecule has 1 amide bonds. The highest BCUT2D eigenvalue weighted by Crippen LogP contribution is 2.30. The van der Waals surface area contributed by atoms with Crippen molar-refractivity contribution < 1.29 is 31.8 Å². The smallest absolute Gasteiger partial charge is 0.491 e. The Labute approximate surface area is 210 Å². The molecule has 3 rings (SSSR count). The molecule has 1 N–H and O–H groups in total. The Morgan fingerprint density at radius 2 is 1.72 bits per heavy atom. The molecule has 0 fully saturated rings. The first-order chi connectivity index (χ1) is 17.0. The molecule has 0 spiro atoms. The molecule has 1 atom stereocenters. The number of rotatable bonds is 11. The molecule has 2 aromatic carbocycles. The molecular weight excluding hydrogens is 505 g/mol. The van der Waals surface area contributed by atoms with E-state index in [0.717, 1.165) is 6.26 Å². The first-order valence-corrected chi connectivity index (χ1v) is 14.3. The van der Waals surface area contributed by atoms with Gasteiger partial charge >= 0.3 is 8.03 Å². The SMILES string of the molecule is CCO[P+](=O)Cc1cnc(NC(=O)c2cc(Oc3ccc(S(C)(=O)=O)cc3)cc(OC(C)C)c2)cn1. The van der Waals surface area contributed by atoms with Crippen molar-refractivity contribution in [2.75, 3.05) is 18.2 Å². The molecule has 12 heteroatoms. The van der Waals surface area contributed by atoms with Crippen LogP contribution in [-0.2, 0) is 25.1 Å². The molecule has 0 aliphatic rings. The molecule has 0 saturated heterocycles. The molecule has 0 radical (unpaired) electrons. The lowest BCUT2D eigenvalue weighted by molar-refractivity contribution is 0.102. The van der Waals surface area contributed by atoms with Crippen molar-refractivity contribution in [1.29, 1.82) is 0 Å². The predicted molar refractivity (Wildman–Crippen MR) is 135 cm³/mol. The fraction of sp³-hybridized carbons (Fsp3) is 0.292. The van der Waals surface area contributed by atoms with Crippen LogP contribution in [0.2, 0.25) is 0 Å². The maximum Gasteiger partial charge on any atom is 0.514 e. The van der Waals surface area contributed by atoms with Gasteiger partial charge < -0.3 is 14.8 Å². The fourth-order valence-electron chi connectivity index (χ4n) is 3.00. The van der Waals surface area contributed by atoms with Gasteiger partial charge in [-0.15, -0.1) is 4.52 Å². The Balaban J connectivity index is 1.78. The van der Waals surface area contributed by atoms with Gasteiger partial charge in [0.1, 0.15) is 22.9 Å². The summed E-state index contributed by atoms with van der Waals surface area (Å²) in [7, 11) is -5.19. The van der Waals surface area contributed by atoms with Crippen molar-refractivity contribution >= 4 is 29.6 Å². The van der Waals surface area contributed by atoms with E-state index in [9.17, 15) is 17.8 Å². The number of benzene rings is 2. The van der Waals surface area contributed by atoms with Crippen molar-refractivity contribution in [3.05, 3.63) is 66.1 Å². The topological polar surface area (TPSA) is 134 Å². The number of sulfone groups is 1. The summed E-state index contributed by atoms with van der Waals surface area (Å²) in [6.07, 6.45) is 3.91. The summed E-state index contributed by atoms with van der Waals surface area (Å²) in [6, 6.07) is 10.7. The number of aromatic nitrogens is 2. The molecule has 0 aliphatic heterocycles. The normalized spacial score (nSPS) is 11.8. The Kier molecular flexibility index (Phi) is 9.08. The molecule has 0 saturated carbocycles.